The first-order valence-corrected chi connectivity index (χ1v) is 7.95. The van der Waals surface area contributed by atoms with Crippen LogP contribution in [0.5, 0.6) is 0 Å². The van der Waals surface area contributed by atoms with Crippen LogP contribution in [0.15, 0.2) is 35.7 Å². The molecular formula is C17H21NS. The average Bonchev–Trinajstić information content (AvgIpc) is 2.86. The zero-order chi connectivity index (χ0) is 13.2. The zero-order valence-corrected chi connectivity index (χ0v) is 12.5. The minimum atomic E-state index is 0.508. The van der Waals surface area contributed by atoms with Gasteiger partial charge in [-0.15, -0.1) is 11.3 Å². The Hall–Kier alpha value is -1.12. The second-order valence-corrected chi connectivity index (χ2v) is 6.45. The molecule has 0 aliphatic heterocycles. The largest absolute Gasteiger partial charge is 0.312 e. The van der Waals surface area contributed by atoms with Gasteiger partial charge in [0.1, 0.15) is 0 Å². The third kappa shape index (κ3) is 2.47. The van der Waals surface area contributed by atoms with Crippen molar-refractivity contribution in [3.05, 3.63) is 57.3 Å². The minimum absolute atomic E-state index is 0.508. The fourth-order valence-electron chi connectivity index (χ4n) is 3.29. The maximum Gasteiger partial charge on any atom is 0.0446 e. The van der Waals surface area contributed by atoms with Gasteiger partial charge in [0.05, 0.1) is 0 Å². The van der Waals surface area contributed by atoms with Crippen LogP contribution in [-0.4, -0.2) is 7.05 Å². The molecule has 1 aromatic carbocycles. The molecule has 100 valence electrons. The average molecular weight is 271 g/mol. The van der Waals surface area contributed by atoms with Gasteiger partial charge in [0.25, 0.3) is 0 Å². The molecule has 0 saturated heterocycles. The lowest BCUT2D eigenvalue weighted by molar-refractivity contribution is 0.345. The van der Waals surface area contributed by atoms with E-state index in [2.05, 4.69) is 55.0 Å². The van der Waals surface area contributed by atoms with Gasteiger partial charge in [-0.25, -0.2) is 0 Å². The van der Waals surface area contributed by atoms with E-state index in [0.717, 1.165) is 5.92 Å². The van der Waals surface area contributed by atoms with Crippen LogP contribution in [0.2, 0.25) is 0 Å². The minimum Gasteiger partial charge on any atom is -0.312 e. The Bertz CT molecular complexity index is 558. The normalized spacial score (nSPS) is 20.0. The molecule has 1 aliphatic rings. The molecule has 0 bridgehead atoms. The lowest BCUT2D eigenvalue weighted by Crippen LogP contribution is -2.29. The first kappa shape index (κ1) is 12.9. The second kappa shape index (κ2) is 5.48. The molecule has 1 nitrogen and oxygen atoms in total. The number of nitrogens with one attached hydrogen (secondary N) is 1. The van der Waals surface area contributed by atoms with Crippen molar-refractivity contribution in [2.45, 2.75) is 32.2 Å². The molecule has 2 aromatic rings. The van der Waals surface area contributed by atoms with Crippen molar-refractivity contribution in [3.8, 4) is 0 Å². The predicted octanol–water partition coefficient (Wildman–Crippen LogP) is 4.12. The van der Waals surface area contributed by atoms with Gasteiger partial charge in [-0.2, -0.15) is 0 Å². The number of fused-ring (bicyclic) bond motifs is 1. The van der Waals surface area contributed by atoms with Gasteiger partial charge in [-0.05, 0) is 67.3 Å². The van der Waals surface area contributed by atoms with Crippen LogP contribution in [0.3, 0.4) is 0 Å². The summed E-state index contributed by atoms with van der Waals surface area (Å²) in [6.45, 7) is 2.23. The molecule has 1 aliphatic carbocycles. The van der Waals surface area contributed by atoms with Gasteiger partial charge >= 0.3 is 0 Å². The van der Waals surface area contributed by atoms with Crippen LogP contribution in [-0.2, 0) is 12.8 Å². The van der Waals surface area contributed by atoms with Crippen molar-refractivity contribution >= 4 is 11.3 Å². The van der Waals surface area contributed by atoms with Crippen LogP contribution < -0.4 is 5.32 Å². The topological polar surface area (TPSA) is 12.0 Å². The smallest absolute Gasteiger partial charge is 0.0446 e. The van der Waals surface area contributed by atoms with E-state index >= 15 is 0 Å². The monoisotopic (exact) mass is 271 g/mol. The molecule has 0 radical (unpaired) electrons. The number of benzene rings is 1. The Morgan fingerprint density at radius 1 is 1.21 bits per heavy atom. The summed E-state index contributed by atoms with van der Waals surface area (Å²) in [5.41, 5.74) is 4.54. The van der Waals surface area contributed by atoms with Crippen LogP contribution in [0.4, 0.5) is 0 Å². The SMILES string of the molecule is CNC(c1sccc1C)C1CCc2ccccc2C1. The first-order chi connectivity index (χ1) is 9.29. The maximum absolute atomic E-state index is 3.56. The Morgan fingerprint density at radius 3 is 2.68 bits per heavy atom. The molecule has 1 heterocycles. The van der Waals surface area contributed by atoms with E-state index in [9.17, 15) is 0 Å². The third-order valence-corrected chi connectivity index (χ3v) is 5.45. The van der Waals surface area contributed by atoms with Crippen LogP contribution >= 0.6 is 11.3 Å². The summed E-state index contributed by atoms with van der Waals surface area (Å²) in [5.74, 6) is 0.720. The molecule has 0 spiro atoms. The Morgan fingerprint density at radius 2 is 2.00 bits per heavy atom. The second-order valence-electron chi connectivity index (χ2n) is 5.51. The van der Waals surface area contributed by atoms with Crippen molar-refractivity contribution in [1.82, 2.24) is 5.32 Å². The summed E-state index contributed by atoms with van der Waals surface area (Å²) >= 11 is 1.89. The third-order valence-electron chi connectivity index (χ3n) is 4.35. The molecule has 0 saturated carbocycles. The lowest BCUT2D eigenvalue weighted by atomic mass is 9.79. The summed E-state index contributed by atoms with van der Waals surface area (Å²) in [5, 5.41) is 5.77. The van der Waals surface area contributed by atoms with Gasteiger partial charge in [0.2, 0.25) is 0 Å². The molecule has 1 aromatic heterocycles. The van der Waals surface area contributed by atoms with Crippen molar-refractivity contribution in [3.63, 3.8) is 0 Å². The van der Waals surface area contributed by atoms with Gasteiger partial charge in [0, 0.05) is 10.9 Å². The van der Waals surface area contributed by atoms with Crippen molar-refractivity contribution in [2.75, 3.05) is 7.05 Å². The Balaban J connectivity index is 1.85. The fraction of sp³-hybridized carbons (Fsp3) is 0.412. The van der Waals surface area contributed by atoms with Gasteiger partial charge in [0.15, 0.2) is 0 Å². The molecule has 2 unspecified atom stereocenters. The quantitative estimate of drug-likeness (QED) is 0.885. The Labute approximate surface area is 119 Å². The molecule has 2 atom stereocenters. The van der Waals surface area contributed by atoms with E-state index in [1.165, 1.54) is 29.7 Å². The summed E-state index contributed by atoms with van der Waals surface area (Å²) < 4.78 is 0. The molecule has 1 N–H and O–H groups in total. The van der Waals surface area contributed by atoms with Gasteiger partial charge < -0.3 is 5.32 Å². The van der Waals surface area contributed by atoms with Gasteiger partial charge in [-0.3, -0.25) is 0 Å². The summed E-state index contributed by atoms with van der Waals surface area (Å²) in [4.78, 5) is 1.52. The standard InChI is InChI=1S/C17H21NS/c1-12-9-10-19-17(12)16(18-2)15-8-7-13-5-3-4-6-14(13)11-15/h3-6,9-10,15-16,18H,7-8,11H2,1-2H3. The highest BCUT2D eigenvalue weighted by Crippen LogP contribution is 2.37. The van der Waals surface area contributed by atoms with E-state index in [1.54, 1.807) is 11.1 Å². The van der Waals surface area contributed by atoms with Crippen LogP contribution in [0, 0.1) is 12.8 Å². The number of rotatable bonds is 3. The van der Waals surface area contributed by atoms with E-state index in [1.807, 2.05) is 11.3 Å². The molecule has 3 rings (SSSR count). The van der Waals surface area contributed by atoms with Crippen molar-refractivity contribution < 1.29 is 0 Å². The number of hydrogen-bond acceptors (Lipinski definition) is 2. The highest BCUT2D eigenvalue weighted by Gasteiger charge is 2.27. The molecule has 2 heteroatoms. The van der Waals surface area contributed by atoms with E-state index in [-0.39, 0.29) is 0 Å². The molecular weight excluding hydrogens is 250 g/mol. The molecule has 19 heavy (non-hydrogen) atoms. The predicted molar refractivity (Wildman–Crippen MR) is 82.8 cm³/mol. The fourth-order valence-corrected chi connectivity index (χ4v) is 4.42. The van der Waals surface area contributed by atoms with E-state index in [4.69, 9.17) is 0 Å². The van der Waals surface area contributed by atoms with Crippen molar-refractivity contribution in [2.24, 2.45) is 5.92 Å². The van der Waals surface area contributed by atoms with E-state index in [0.29, 0.717) is 6.04 Å². The first-order valence-electron chi connectivity index (χ1n) is 7.07. The lowest BCUT2D eigenvalue weighted by Gasteiger charge is -2.31. The zero-order valence-electron chi connectivity index (χ0n) is 11.6. The molecule has 0 fully saturated rings. The number of aryl methyl sites for hydroxylation is 2. The highest BCUT2D eigenvalue weighted by atomic mass is 32.1. The highest BCUT2D eigenvalue weighted by molar-refractivity contribution is 7.10. The van der Waals surface area contributed by atoms with Crippen molar-refractivity contribution in [1.29, 1.82) is 0 Å². The van der Waals surface area contributed by atoms with E-state index < -0.39 is 0 Å². The summed E-state index contributed by atoms with van der Waals surface area (Å²) in [6.07, 6.45) is 3.72. The molecule has 0 amide bonds. The van der Waals surface area contributed by atoms with Crippen LogP contribution in [0.25, 0.3) is 0 Å². The van der Waals surface area contributed by atoms with Crippen LogP contribution in [0.1, 0.15) is 34.0 Å². The Kier molecular flexibility index (Phi) is 3.72. The number of hydrogen-bond donors (Lipinski definition) is 1. The summed E-state index contributed by atoms with van der Waals surface area (Å²) in [7, 11) is 2.10. The maximum atomic E-state index is 3.56. The van der Waals surface area contributed by atoms with Gasteiger partial charge in [-0.1, -0.05) is 24.3 Å². The summed E-state index contributed by atoms with van der Waals surface area (Å²) in [6, 6.07) is 11.7. The number of thiophene rings is 1.